The van der Waals surface area contributed by atoms with Gasteiger partial charge in [-0.25, -0.2) is 8.42 Å². The fraction of sp³-hybridized carbons (Fsp3) is 0.188. The Morgan fingerprint density at radius 3 is 2.36 bits per heavy atom. The number of nitrogens with one attached hydrogen (secondary N) is 2. The molecule has 0 aromatic heterocycles. The zero-order valence-corrected chi connectivity index (χ0v) is 14.1. The van der Waals surface area contributed by atoms with Crippen molar-refractivity contribution in [3.05, 3.63) is 59.2 Å². The van der Waals surface area contributed by atoms with Crippen LogP contribution in [0.5, 0.6) is 0 Å². The summed E-state index contributed by atoms with van der Waals surface area (Å²) in [5.41, 5.74) is 0.0288. The number of alkyl halides is 3. The molecule has 0 unspecified atom stereocenters. The molecular weight excluding hydrogens is 357 g/mol. The topological polar surface area (TPSA) is 75.3 Å². The van der Waals surface area contributed by atoms with Crippen LogP contribution in [0, 0.1) is 6.92 Å². The Kier molecular flexibility index (Phi) is 5.07. The molecule has 0 aliphatic carbocycles. The second kappa shape index (κ2) is 6.75. The number of anilines is 2. The van der Waals surface area contributed by atoms with Gasteiger partial charge in [0.1, 0.15) is 0 Å². The van der Waals surface area contributed by atoms with E-state index < -0.39 is 27.7 Å². The summed E-state index contributed by atoms with van der Waals surface area (Å²) in [5.74, 6) is -0.657. The van der Waals surface area contributed by atoms with Crippen molar-refractivity contribution in [3.63, 3.8) is 0 Å². The molecular formula is C16H15F3N2O3S. The van der Waals surface area contributed by atoms with Crippen LogP contribution in [0.3, 0.4) is 0 Å². The average Bonchev–Trinajstić information content (AvgIpc) is 2.47. The first-order valence-electron chi connectivity index (χ1n) is 7.03. The normalized spacial score (nSPS) is 11.9. The van der Waals surface area contributed by atoms with Gasteiger partial charge in [-0.2, -0.15) is 13.2 Å². The maximum absolute atomic E-state index is 12.7. The molecule has 9 heteroatoms. The number of rotatable bonds is 4. The fourth-order valence-electron chi connectivity index (χ4n) is 2.05. The van der Waals surface area contributed by atoms with E-state index in [1.165, 1.54) is 30.3 Å². The first kappa shape index (κ1) is 18.8. The number of amides is 1. The standard InChI is InChI=1S/C16H15F3N2O3S/c1-10-6-7-11(8-14(10)21-25(2,23)24)15(22)20-13-5-3-4-12(9-13)16(17,18)19/h3-9,21H,1-2H3,(H,20,22). The molecule has 2 N–H and O–H groups in total. The van der Waals surface area contributed by atoms with Crippen LogP contribution in [0.2, 0.25) is 0 Å². The average molecular weight is 372 g/mol. The van der Waals surface area contributed by atoms with Gasteiger partial charge in [0.15, 0.2) is 0 Å². The van der Waals surface area contributed by atoms with E-state index in [9.17, 15) is 26.4 Å². The number of carbonyl (C=O) groups is 1. The summed E-state index contributed by atoms with van der Waals surface area (Å²) in [6.07, 6.45) is -3.54. The molecule has 0 aliphatic rings. The maximum atomic E-state index is 12.7. The van der Waals surface area contributed by atoms with E-state index in [2.05, 4.69) is 10.0 Å². The highest BCUT2D eigenvalue weighted by molar-refractivity contribution is 7.92. The van der Waals surface area contributed by atoms with E-state index in [-0.39, 0.29) is 16.9 Å². The van der Waals surface area contributed by atoms with Crippen LogP contribution in [-0.4, -0.2) is 20.6 Å². The molecule has 1 amide bonds. The van der Waals surface area contributed by atoms with Crippen molar-refractivity contribution in [3.8, 4) is 0 Å². The van der Waals surface area contributed by atoms with E-state index in [1.54, 1.807) is 6.92 Å². The van der Waals surface area contributed by atoms with Crippen LogP contribution >= 0.6 is 0 Å². The smallest absolute Gasteiger partial charge is 0.322 e. The predicted octanol–water partition coefficient (Wildman–Crippen LogP) is 3.64. The third-order valence-corrected chi connectivity index (χ3v) is 3.83. The highest BCUT2D eigenvalue weighted by Gasteiger charge is 2.30. The van der Waals surface area contributed by atoms with Crippen molar-refractivity contribution < 1.29 is 26.4 Å². The number of hydrogen-bond donors (Lipinski definition) is 2. The van der Waals surface area contributed by atoms with E-state index in [0.29, 0.717) is 5.56 Å². The Hall–Kier alpha value is -2.55. The summed E-state index contributed by atoms with van der Waals surface area (Å²) < 4.78 is 63.1. The Bertz CT molecular complexity index is 909. The molecule has 0 spiro atoms. The minimum atomic E-state index is -4.52. The van der Waals surface area contributed by atoms with Crippen LogP contribution in [0.15, 0.2) is 42.5 Å². The van der Waals surface area contributed by atoms with Crippen LogP contribution < -0.4 is 10.0 Å². The van der Waals surface area contributed by atoms with Gasteiger partial charge in [0, 0.05) is 11.3 Å². The Morgan fingerprint density at radius 1 is 1.08 bits per heavy atom. The molecule has 0 fully saturated rings. The predicted molar refractivity (Wildman–Crippen MR) is 89.0 cm³/mol. The monoisotopic (exact) mass is 372 g/mol. The van der Waals surface area contributed by atoms with Gasteiger partial charge < -0.3 is 5.32 Å². The molecule has 134 valence electrons. The van der Waals surface area contributed by atoms with Crippen molar-refractivity contribution in [1.29, 1.82) is 0 Å². The zero-order valence-electron chi connectivity index (χ0n) is 13.3. The van der Waals surface area contributed by atoms with Gasteiger partial charge in [-0.15, -0.1) is 0 Å². The third-order valence-electron chi connectivity index (χ3n) is 3.24. The summed E-state index contributed by atoms with van der Waals surface area (Å²) >= 11 is 0. The van der Waals surface area contributed by atoms with Crippen LogP contribution in [0.4, 0.5) is 24.5 Å². The van der Waals surface area contributed by atoms with E-state index >= 15 is 0 Å². The first-order chi connectivity index (χ1) is 11.5. The van der Waals surface area contributed by atoms with Gasteiger partial charge in [-0.3, -0.25) is 9.52 Å². The Labute approximate surface area is 142 Å². The second-order valence-corrected chi connectivity index (χ2v) is 7.19. The number of halogens is 3. The van der Waals surface area contributed by atoms with Crippen molar-refractivity contribution in [2.24, 2.45) is 0 Å². The molecule has 0 bridgehead atoms. The van der Waals surface area contributed by atoms with Gasteiger partial charge in [0.05, 0.1) is 17.5 Å². The minimum Gasteiger partial charge on any atom is -0.322 e. The molecule has 0 atom stereocenters. The lowest BCUT2D eigenvalue weighted by atomic mass is 10.1. The highest BCUT2D eigenvalue weighted by atomic mass is 32.2. The van der Waals surface area contributed by atoms with E-state index in [0.717, 1.165) is 18.4 Å². The molecule has 0 heterocycles. The number of benzene rings is 2. The lowest BCUT2D eigenvalue weighted by molar-refractivity contribution is -0.137. The van der Waals surface area contributed by atoms with E-state index in [4.69, 9.17) is 0 Å². The van der Waals surface area contributed by atoms with Crippen molar-refractivity contribution >= 4 is 27.3 Å². The Morgan fingerprint density at radius 2 is 1.76 bits per heavy atom. The molecule has 0 saturated heterocycles. The lowest BCUT2D eigenvalue weighted by Gasteiger charge is -2.12. The van der Waals surface area contributed by atoms with Crippen molar-refractivity contribution in [1.82, 2.24) is 0 Å². The second-order valence-electron chi connectivity index (χ2n) is 5.44. The summed E-state index contributed by atoms with van der Waals surface area (Å²) in [6, 6.07) is 8.54. The molecule has 2 aromatic carbocycles. The first-order valence-corrected chi connectivity index (χ1v) is 8.92. The molecule has 2 aromatic rings. The number of carbonyl (C=O) groups excluding carboxylic acids is 1. The quantitative estimate of drug-likeness (QED) is 0.860. The fourth-order valence-corrected chi connectivity index (χ4v) is 2.67. The Balaban J connectivity index is 2.26. The van der Waals surface area contributed by atoms with Gasteiger partial charge in [-0.05, 0) is 42.8 Å². The van der Waals surface area contributed by atoms with Gasteiger partial charge >= 0.3 is 6.18 Å². The zero-order chi connectivity index (χ0) is 18.8. The molecule has 0 radical (unpaired) electrons. The van der Waals surface area contributed by atoms with Gasteiger partial charge in [-0.1, -0.05) is 12.1 Å². The summed E-state index contributed by atoms with van der Waals surface area (Å²) in [6.45, 7) is 1.65. The molecule has 0 aliphatic heterocycles. The summed E-state index contributed by atoms with van der Waals surface area (Å²) in [4.78, 5) is 12.2. The highest BCUT2D eigenvalue weighted by Crippen LogP contribution is 2.30. The number of sulfonamides is 1. The molecule has 25 heavy (non-hydrogen) atoms. The SMILES string of the molecule is Cc1ccc(C(=O)Nc2cccc(C(F)(F)F)c2)cc1NS(C)(=O)=O. The van der Waals surface area contributed by atoms with Gasteiger partial charge in [0.2, 0.25) is 10.0 Å². The van der Waals surface area contributed by atoms with Crippen LogP contribution in [0.25, 0.3) is 0 Å². The molecule has 2 rings (SSSR count). The summed E-state index contributed by atoms with van der Waals surface area (Å²) in [7, 11) is -3.53. The van der Waals surface area contributed by atoms with Crippen molar-refractivity contribution in [2.75, 3.05) is 16.3 Å². The van der Waals surface area contributed by atoms with E-state index in [1.807, 2.05) is 0 Å². The molecule has 5 nitrogen and oxygen atoms in total. The summed E-state index contributed by atoms with van der Waals surface area (Å²) in [5, 5.41) is 2.36. The van der Waals surface area contributed by atoms with Crippen LogP contribution in [0.1, 0.15) is 21.5 Å². The third kappa shape index (κ3) is 5.21. The van der Waals surface area contributed by atoms with Gasteiger partial charge in [0.25, 0.3) is 5.91 Å². The number of hydrogen-bond acceptors (Lipinski definition) is 3. The maximum Gasteiger partial charge on any atom is 0.416 e. The largest absolute Gasteiger partial charge is 0.416 e. The minimum absolute atomic E-state index is 0.0157. The molecule has 0 saturated carbocycles. The van der Waals surface area contributed by atoms with Crippen LogP contribution in [-0.2, 0) is 16.2 Å². The number of aryl methyl sites for hydroxylation is 1. The van der Waals surface area contributed by atoms with Crippen molar-refractivity contribution in [2.45, 2.75) is 13.1 Å². The lowest BCUT2D eigenvalue weighted by Crippen LogP contribution is -2.15.